The molecule has 0 aromatic heterocycles. The summed E-state index contributed by atoms with van der Waals surface area (Å²) in [6.07, 6.45) is 0.298. The van der Waals surface area contributed by atoms with Crippen molar-refractivity contribution in [3.8, 4) is 0 Å². The van der Waals surface area contributed by atoms with Gasteiger partial charge in [-0.15, -0.1) is 11.6 Å². The molecule has 1 aliphatic heterocycles. The number of carbonyl (C=O) groups is 3. The van der Waals surface area contributed by atoms with Crippen molar-refractivity contribution in [1.29, 1.82) is 0 Å². The largest absolute Gasteiger partial charge is 0.355 e. The van der Waals surface area contributed by atoms with Crippen LogP contribution in [0.4, 0.5) is 0 Å². The minimum atomic E-state index is -0.735. The lowest BCUT2D eigenvalue weighted by atomic mass is 10.1. The maximum absolute atomic E-state index is 11.2. The van der Waals surface area contributed by atoms with Gasteiger partial charge < -0.3 is 10.6 Å². The Morgan fingerprint density at radius 1 is 1.56 bits per heavy atom. The maximum atomic E-state index is 11.2. The van der Waals surface area contributed by atoms with E-state index in [1.165, 1.54) is 6.92 Å². The number of aliphatic imine (C=N–C) groups is 1. The predicted molar refractivity (Wildman–Crippen MR) is 58.1 cm³/mol. The van der Waals surface area contributed by atoms with Crippen molar-refractivity contribution < 1.29 is 14.4 Å². The van der Waals surface area contributed by atoms with Gasteiger partial charge in [-0.2, -0.15) is 4.99 Å². The first-order chi connectivity index (χ1) is 7.54. The van der Waals surface area contributed by atoms with Crippen LogP contribution in [-0.2, 0) is 14.4 Å². The number of alkyl halides is 1. The monoisotopic (exact) mass is 245 g/mol. The fourth-order valence-corrected chi connectivity index (χ4v) is 1.20. The smallest absolute Gasteiger partial charge is 0.259 e. The number of carbonyl (C=O) groups excluding carboxylic acids is 3. The molecule has 0 aliphatic carbocycles. The fourth-order valence-electron chi connectivity index (χ4n) is 1.11. The molecular weight excluding hydrogens is 234 g/mol. The summed E-state index contributed by atoms with van der Waals surface area (Å²) in [5.74, 6) is -1.69. The van der Waals surface area contributed by atoms with E-state index >= 15 is 0 Å². The molecule has 0 spiro atoms. The van der Waals surface area contributed by atoms with Gasteiger partial charge in [-0.3, -0.25) is 14.4 Å². The molecule has 0 radical (unpaired) electrons. The third kappa shape index (κ3) is 3.30. The van der Waals surface area contributed by atoms with Crippen molar-refractivity contribution in [1.82, 2.24) is 10.6 Å². The van der Waals surface area contributed by atoms with Crippen molar-refractivity contribution in [2.45, 2.75) is 13.3 Å². The minimum Gasteiger partial charge on any atom is -0.355 e. The van der Waals surface area contributed by atoms with Gasteiger partial charge in [0, 0.05) is 13.0 Å². The molecule has 0 aromatic carbocycles. The number of amides is 3. The SMILES string of the molecule is CC1C(=O)N=C(CCNC(=O)CCl)NC1=O. The Morgan fingerprint density at radius 3 is 2.81 bits per heavy atom. The summed E-state index contributed by atoms with van der Waals surface area (Å²) in [6.45, 7) is 1.78. The zero-order valence-electron chi connectivity index (χ0n) is 8.75. The van der Waals surface area contributed by atoms with Crippen LogP contribution in [0.5, 0.6) is 0 Å². The first kappa shape index (κ1) is 12.6. The fraction of sp³-hybridized carbons (Fsp3) is 0.556. The molecule has 1 heterocycles. The Morgan fingerprint density at radius 2 is 2.25 bits per heavy atom. The molecule has 2 N–H and O–H groups in total. The van der Waals surface area contributed by atoms with Crippen LogP contribution >= 0.6 is 11.6 Å². The van der Waals surface area contributed by atoms with Crippen molar-refractivity contribution in [3.05, 3.63) is 0 Å². The topological polar surface area (TPSA) is 87.6 Å². The van der Waals surface area contributed by atoms with Crippen LogP contribution in [0.2, 0.25) is 0 Å². The van der Waals surface area contributed by atoms with Crippen molar-refractivity contribution in [2.24, 2.45) is 10.9 Å². The van der Waals surface area contributed by atoms with E-state index in [0.717, 1.165) is 0 Å². The molecule has 0 saturated carbocycles. The Kier molecular flexibility index (Phi) is 4.42. The number of amidine groups is 1. The molecule has 6 nitrogen and oxygen atoms in total. The number of hydrogen-bond acceptors (Lipinski definition) is 3. The Bertz CT molecular complexity index is 354. The van der Waals surface area contributed by atoms with E-state index < -0.39 is 11.8 Å². The average Bonchev–Trinajstić information content (AvgIpc) is 2.25. The van der Waals surface area contributed by atoms with Gasteiger partial charge in [-0.05, 0) is 6.92 Å². The number of halogens is 1. The summed E-state index contributed by atoms with van der Waals surface area (Å²) in [5.41, 5.74) is 0. The van der Waals surface area contributed by atoms with Crippen LogP contribution in [0, 0.1) is 5.92 Å². The second kappa shape index (κ2) is 5.60. The van der Waals surface area contributed by atoms with Crippen LogP contribution in [-0.4, -0.2) is 36.0 Å². The normalized spacial score (nSPS) is 20.1. The van der Waals surface area contributed by atoms with Gasteiger partial charge in [0.1, 0.15) is 17.6 Å². The van der Waals surface area contributed by atoms with E-state index in [1.807, 2.05) is 0 Å². The van der Waals surface area contributed by atoms with Gasteiger partial charge in [-0.25, -0.2) is 0 Å². The zero-order valence-corrected chi connectivity index (χ0v) is 9.50. The lowest BCUT2D eigenvalue weighted by Crippen LogP contribution is -2.44. The van der Waals surface area contributed by atoms with E-state index in [-0.39, 0.29) is 30.1 Å². The molecule has 0 saturated heterocycles. The van der Waals surface area contributed by atoms with Crippen LogP contribution in [0.3, 0.4) is 0 Å². The predicted octanol–water partition coefficient (Wildman–Crippen LogP) is -0.578. The average molecular weight is 246 g/mol. The van der Waals surface area contributed by atoms with E-state index in [1.54, 1.807) is 0 Å². The van der Waals surface area contributed by atoms with E-state index in [9.17, 15) is 14.4 Å². The number of rotatable bonds is 4. The first-order valence-electron chi connectivity index (χ1n) is 4.79. The summed E-state index contributed by atoms with van der Waals surface area (Å²) in [5, 5.41) is 5.00. The Labute approximate surface area is 97.4 Å². The molecule has 7 heteroatoms. The highest BCUT2D eigenvalue weighted by atomic mass is 35.5. The summed E-state index contributed by atoms with van der Waals surface area (Å²) in [6, 6.07) is 0. The lowest BCUT2D eigenvalue weighted by Gasteiger charge is -2.16. The van der Waals surface area contributed by atoms with Crippen LogP contribution in [0.1, 0.15) is 13.3 Å². The number of nitrogens with zero attached hydrogens (tertiary/aromatic N) is 1. The number of nitrogens with one attached hydrogen (secondary N) is 2. The highest BCUT2D eigenvalue weighted by molar-refractivity contribution is 6.27. The van der Waals surface area contributed by atoms with Gasteiger partial charge in [0.25, 0.3) is 5.91 Å². The third-order valence-electron chi connectivity index (χ3n) is 2.08. The quantitative estimate of drug-likeness (QED) is 0.513. The second-order valence-electron chi connectivity index (χ2n) is 3.34. The zero-order chi connectivity index (χ0) is 12.1. The highest BCUT2D eigenvalue weighted by Crippen LogP contribution is 2.04. The lowest BCUT2D eigenvalue weighted by molar-refractivity contribution is -0.132. The second-order valence-corrected chi connectivity index (χ2v) is 3.61. The first-order valence-corrected chi connectivity index (χ1v) is 5.33. The van der Waals surface area contributed by atoms with Crippen LogP contribution in [0.25, 0.3) is 0 Å². The van der Waals surface area contributed by atoms with Crippen LogP contribution < -0.4 is 10.6 Å². The van der Waals surface area contributed by atoms with Gasteiger partial charge in [0.05, 0.1) is 0 Å². The third-order valence-corrected chi connectivity index (χ3v) is 2.32. The summed E-state index contributed by atoms with van der Waals surface area (Å²) in [4.78, 5) is 37.0. The van der Waals surface area contributed by atoms with Crippen LogP contribution in [0.15, 0.2) is 4.99 Å². The summed E-state index contributed by atoms with van der Waals surface area (Å²) in [7, 11) is 0. The van der Waals surface area contributed by atoms with Crippen molar-refractivity contribution >= 4 is 35.2 Å². The maximum Gasteiger partial charge on any atom is 0.259 e. The molecule has 0 fully saturated rings. The van der Waals surface area contributed by atoms with Gasteiger partial charge in [0.2, 0.25) is 11.8 Å². The van der Waals surface area contributed by atoms with E-state index in [2.05, 4.69) is 15.6 Å². The van der Waals surface area contributed by atoms with Crippen molar-refractivity contribution in [3.63, 3.8) is 0 Å². The molecule has 0 aromatic rings. The molecule has 0 bridgehead atoms. The molecule has 16 heavy (non-hydrogen) atoms. The Hall–Kier alpha value is -1.43. The van der Waals surface area contributed by atoms with E-state index in [0.29, 0.717) is 6.42 Å². The van der Waals surface area contributed by atoms with Gasteiger partial charge >= 0.3 is 0 Å². The summed E-state index contributed by atoms with van der Waals surface area (Å²) < 4.78 is 0. The molecule has 3 amide bonds. The van der Waals surface area contributed by atoms with Gasteiger partial charge in [-0.1, -0.05) is 0 Å². The summed E-state index contributed by atoms with van der Waals surface area (Å²) >= 11 is 5.27. The molecule has 1 unspecified atom stereocenters. The molecule has 1 rings (SSSR count). The van der Waals surface area contributed by atoms with Gasteiger partial charge in [0.15, 0.2) is 0 Å². The minimum absolute atomic E-state index is 0.116. The highest BCUT2D eigenvalue weighted by Gasteiger charge is 2.26. The molecular formula is C9H12ClN3O3. The van der Waals surface area contributed by atoms with Crippen molar-refractivity contribution in [2.75, 3.05) is 12.4 Å². The molecule has 88 valence electrons. The standard InChI is InChI=1S/C9H12ClN3O3/c1-5-8(15)12-6(13-9(5)16)2-3-11-7(14)4-10/h5H,2-4H2,1H3,(H,11,14)(H,12,13,15,16). The van der Waals surface area contributed by atoms with E-state index in [4.69, 9.17) is 11.6 Å². The number of hydrogen-bond donors (Lipinski definition) is 2. The molecule has 1 aliphatic rings. The Balaban J connectivity index is 2.44. The molecule has 1 atom stereocenters.